The van der Waals surface area contributed by atoms with Crippen molar-refractivity contribution >= 4 is 33.2 Å². The van der Waals surface area contributed by atoms with Crippen molar-refractivity contribution in [2.45, 2.75) is 52.2 Å². The number of carbonyl (C=O) groups excluding carboxylic acids is 2. The normalized spacial score (nSPS) is 12.9. The number of halogens is 1. The summed E-state index contributed by atoms with van der Waals surface area (Å²) in [6, 6.07) is 9.26. The van der Waals surface area contributed by atoms with Crippen LogP contribution >= 0.6 is 0 Å². The molecule has 0 aliphatic heterocycles. The van der Waals surface area contributed by atoms with Crippen LogP contribution in [0.5, 0.6) is 0 Å². The SMILES string of the molecule is CC[C@@H](C)NC(=O)[C@@H](CC)N(Cc1ccc(F)cc1)C(=O)CN(c1cccc([N+](=O)[O-])c1)S(C)(=O)=O. The lowest BCUT2D eigenvalue weighted by atomic mass is 10.1. The van der Waals surface area contributed by atoms with Crippen LogP contribution in [0.1, 0.15) is 39.2 Å². The zero-order valence-corrected chi connectivity index (χ0v) is 21.5. The van der Waals surface area contributed by atoms with Crippen molar-refractivity contribution in [3.8, 4) is 0 Å². The number of nitrogens with one attached hydrogen (secondary N) is 1. The Bertz CT molecular complexity index is 1190. The molecule has 1 N–H and O–H groups in total. The standard InChI is InChI=1S/C24H31FN4O6S/c1-5-17(3)26-24(31)22(6-2)27(15-18-10-12-19(25)13-11-18)23(30)16-28(36(4,34)35)20-8-7-9-21(14-20)29(32)33/h7-14,17,22H,5-6,15-16H2,1-4H3,(H,26,31)/t17-,22-/m1/s1. The average Bonchev–Trinajstić information content (AvgIpc) is 2.82. The molecule has 196 valence electrons. The molecule has 12 heteroatoms. The molecule has 2 aromatic rings. The number of amides is 2. The van der Waals surface area contributed by atoms with E-state index >= 15 is 0 Å². The number of non-ortho nitro benzene ring substituents is 1. The molecule has 0 radical (unpaired) electrons. The van der Waals surface area contributed by atoms with Crippen LogP contribution in [0.25, 0.3) is 0 Å². The number of hydrogen-bond acceptors (Lipinski definition) is 6. The van der Waals surface area contributed by atoms with Gasteiger partial charge in [0, 0.05) is 24.7 Å². The fourth-order valence-electron chi connectivity index (χ4n) is 3.52. The number of carbonyl (C=O) groups is 2. The third-order valence-electron chi connectivity index (χ3n) is 5.66. The van der Waals surface area contributed by atoms with Crippen LogP contribution in [0.4, 0.5) is 15.8 Å². The van der Waals surface area contributed by atoms with Gasteiger partial charge in [-0.15, -0.1) is 0 Å². The lowest BCUT2D eigenvalue weighted by Crippen LogP contribution is -2.53. The highest BCUT2D eigenvalue weighted by atomic mass is 32.2. The maximum Gasteiger partial charge on any atom is 0.271 e. The van der Waals surface area contributed by atoms with Gasteiger partial charge < -0.3 is 10.2 Å². The van der Waals surface area contributed by atoms with Gasteiger partial charge in [0.2, 0.25) is 21.8 Å². The second-order valence-electron chi connectivity index (χ2n) is 8.44. The summed E-state index contributed by atoms with van der Waals surface area (Å²) in [6.45, 7) is 4.69. The smallest absolute Gasteiger partial charge is 0.271 e. The first kappa shape index (κ1) is 28.7. The van der Waals surface area contributed by atoms with Crippen LogP contribution in [0, 0.1) is 15.9 Å². The van der Waals surface area contributed by atoms with Gasteiger partial charge in [0.15, 0.2) is 0 Å². The largest absolute Gasteiger partial charge is 0.352 e. The minimum atomic E-state index is -4.03. The lowest BCUT2D eigenvalue weighted by molar-refractivity contribution is -0.384. The number of hydrogen-bond donors (Lipinski definition) is 1. The molecule has 0 saturated carbocycles. The Morgan fingerprint density at radius 3 is 2.28 bits per heavy atom. The highest BCUT2D eigenvalue weighted by Gasteiger charge is 2.32. The predicted octanol–water partition coefficient (Wildman–Crippen LogP) is 3.22. The molecule has 0 fully saturated rings. The lowest BCUT2D eigenvalue weighted by Gasteiger charge is -2.33. The van der Waals surface area contributed by atoms with E-state index in [1.807, 2.05) is 13.8 Å². The fourth-order valence-corrected chi connectivity index (χ4v) is 4.36. The molecule has 2 rings (SSSR count). The Kier molecular flexibility index (Phi) is 9.91. The predicted molar refractivity (Wildman–Crippen MR) is 134 cm³/mol. The number of rotatable bonds is 12. The van der Waals surface area contributed by atoms with E-state index in [2.05, 4.69) is 5.32 Å². The van der Waals surface area contributed by atoms with Gasteiger partial charge in [-0.3, -0.25) is 24.0 Å². The van der Waals surface area contributed by atoms with E-state index in [0.717, 1.165) is 16.6 Å². The molecule has 0 aromatic heterocycles. The van der Waals surface area contributed by atoms with Crippen molar-refractivity contribution < 1.29 is 27.3 Å². The highest BCUT2D eigenvalue weighted by Crippen LogP contribution is 2.24. The van der Waals surface area contributed by atoms with Crippen LogP contribution in [0.15, 0.2) is 48.5 Å². The summed E-state index contributed by atoms with van der Waals surface area (Å²) in [6.07, 6.45) is 1.80. The van der Waals surface area contributed by atoms with Crippen LogP contribution < -0.4 is 9.62 Å². The molecule has 36 heavy (non-hydrogen) atoms. The molecule has 0 unspecified atom stereocenters. The molecule has 0 spiro atoms. The zero-order valence-electron chi connectivity index (χ0n) is 20.7. The molecule has 0 aliphatic carbocycles. The van der Waals surface area contributed by atoms with E-state index in [1.54, 1.807) is 6.92 Å². The van der Waals surface area contributed by atoms with Gasteiger partial charge in [0.25, 0.3) is 5.69 Å². The highest BCUT2D eigenvalue weighted by molar-refractivity contribution is 7.92. The van der Waals surface area contributed by atoms with Crippen molar-refractivity contribution in [1.29, 1.82) is 0 Å². The fraction of sp³-hybridized carbons (Fsp3) is 0.417. The van der Waals surface area contributed by atoms with Gasteiger partial charge >= 0.3 is 0 Å². The number of anilines is 1. The Morgan fingerprint density at radius 1 is 1.11 bits per heavy atom. The van der Waals surface area contributed by atoms with E-state index in [-0.39, 0.29) is 30.4 Å². The van der Waals surface area contributed by atoms with E-state index in [0.29, 0.717) is 12.0 Å². The minimum absolute atomic E-state index is 0.0566. The molecule has 0 bridgehead atoms. The number of benzene rings is 2. The van der Waals surface area contributed by atoms with Crippen LogP contribution in [0.2, 0.25) is 0 Å². The second kappa shape index (κ2) is 12.4. The van der Waals surface area contributed by atoms with Crippen molar-refractivity contribution in [2.75, 3.05) is 17.1 Å². The Morgan fingerprint density at radius 2 is 1.75 bits per heavy atom. The summed E-state index contributed by atoms with van der Waals surface area (Å²) in [5.74, 6) is -1.56. The summed E-state index contributed by atoms with van der Waals surface area (Å²) >= 11 is 0. The maximum absolute atomic E-state index is 13.6. The minimum Gasteiger partial charge on any atom is -0.352 e. The Hall–Kier alpha value is -3.54. The van der Waals surface area contributed by atoms with E-state index in [1.165, 1.54) is 47.4 Å². The van der Waals surface area contributed by atoms with Crippen molar-refractivity contribution in [2.24, 2.45) is 0 Å². The first-order chi connectivity index (χ1) is 16.9. The summed E-state index contributed by atoms with van der Waals surface area (Å²) in [5.41, 5.74) is 0.149. The summed E-state index contributed by atoms with van der Waals surface area (Å²) in [5, 5.41) is 14.0. The molecular weight excluding hydrogens is 491 g/mol. The van der Waals surface area contributed by atoms with Crippen LogP contribution in [-0.4, -0.2) is 54.9 Å². The third-order valence-corrected chi connectivity index (χ3v) is 6.80. The van der Waals surface area contributed by atoms with Gasteiger partial charge in [-0.2, -0.15) is 0 Å². The molecule has 2 aromatic carbocycles. The molecule has 0 heterocycles. The molecular formula is C24H31FN4O6S. The van der Waals surface area contributed by atoms with Gasteiger partial charge in [-0.25, -0.2) is 12.8 Å². The van der Waals surface area contributed by atoms with Crippen molar-refractivity contribution in [3.05, 3.63) is 70.0 Å². The molecule has 2 amide bonds. The van der Waals surface area contributed by atoms with Gasteiger partial charge in [0.1, 0.15) is 18.4 Å². The molecule has 0 aliphatic rings. The number of nitro groups is 1. The first-order valence-electron chi connectivity index (χ1n) is 11.4. The zero-order chi connectivity index (χ0) is 27.0. The van der Waals surface area contributed by atoms with E-state index in [4.69, 9.17) is 0 Å². The maximum atomic E-state index is 13.6. The van der Waals surface area contributed by atoms with Crippen LogP contribution in [0.3, 0.4) is 0 Å². The number of sulfonamides is 1. The van der Waals surface area contributed by atoms with Crippen molar-refractivity contribution in [3.63, 3.8) is 0 Å². The number of nitrogens with zero attached hydrogens (tertiary/aromatic N) is 3. The van der Waals surface area contributed by atoms with Gasteiger partial charge in [-0.05, 0) is 43.5 Å². The van der Waals surface area contributed by atoms with E-state index in [9.17, 15) is 32.5 Å². The quantitative estimate of drug-likeness (QED) is 0.337. The van der Waals surface area contributed by atoms with Gasteiger partial charge in [-0.1, -0.05) is 32.0 Å². The Balaban J connectivity index is 2.47. The van der Waals surface area contributed by atoms with Gasteiger partial charge in [0.05, 0.1) is 16.9 Å². The van der Waals surface area contributed by atoms with Crippen LogP contribution in [-0.2, 0) is 26.2 Å². The van der Waals surface area contributed by atoms with Crippen molar-refractivity contribution in [1.82, 2.24) is 10.2 Å². The van der Waals surface area contributed by atoms with E-state index < -0.39 is 45.2 Å². The topological polar surface area (TPSA) is 130 Å². The molecule has 2 atom stereocenters. The summed E-state index contributed by atoms with van der Waals surface area (Å²) in [7, 11) is -4.03. The monoisotopic (exact) mass is 522 g/mol. The second-order valence-corrected chi connectivity index (χ2v) is 10.3. The third kappa shape index (κ3) is 7.74. The molecule has 0 saturated heterocycles. The average molecular weight is 523 g/mol. The Labute approximate surface area is 210 Å². The first-order valence-corrected chi connectivity index (χ1v) is 13.3. The molecule has 10 nitrogen and oxygen atoms in total. The summed E-state index contributed by atoms with van der Waals surface area (Å²) in [4.78, 5) is 38.4. The number of nitro benzene ring substituents is 1. The summed E-state index contributed by atoms with van der Waals surface area (Å²) < 4.78 is 39.4.